The van der Waals surface area contributed by atoms with Gasteiger partial charge in [-0.2, -0.15) is 0 Å². The first-order chi connectivity index (χ1) is 7.15. The van der Waals surface area contributed by atoms with Gasteiger partial charge >= 0.3 is 0 Å². The van der Waals surface area contributed by atoms with Crippen molar-refractivity contribution in [1.82, 2.24) is 3.93 Å². The van der Waals surface area contributed by atoms with Crippen molar-refractivity contribution in [2.45, 2.75) is 6.54 Å². The molecular formula is C12H12BrNO. The molecule has 78 valence electrons. The first kappa shape index (κ1) is 10.5. The molecule has 2 rings (SSSR count). The number of phenols is 1. The fourth-order valence-corrected chi connectivity index (χ4v) is 1.92. The summed E-state index contributed by atoms with van der Waals surface area (Å²) in [6.45, 7) is 0.858. The molecule has 2 aromatic carbocycles. The lowest BCUT2D eigenvalue weighted by Crippen LogP contribution is -2.02. The number of rotatable bonds is 2. The van der Waals surface area contributed by atoms with E-state index in [1.807, 2.05) is 23.1 Å². The molecule has 0 aliphatic carbocycles. The third-order valence-corrected chi connectivity index (χ3v) is 2.54. The fraction of sp³-hybridized carbons (Fsp3) is 0.167. The van der Waals surface area contributed by atoms with Gasteiger partial charge < -0.3 is 5.11 Å². The Morgan fingerprint density at radius 1 is 1.13 bits per heavy atom. The summed E-state index contributed by atoms with van der Waals surface area (Å²) in [4.78, 5) is 0. The lowest BCUT2D eigenvalue weighted by Gasteiger charge is -2.08. The van der Waals surface area contributed by atoms with Crippen LogP contribution in [0, 0.1) is 0 Å². The minimum Gasteiger partial charge on any atom is -0.508 e. The lowest BCUT2D eigenvalue weighted by molar-refractivity contribution is 0.476. The van der Waals surface area contributed by atoms with Gasteiger partial charge in [-0.3, -0.25) is 0 Å². The number of nitrogens with zero attached hydrogens (tertiary/aromatic N) is 1. The molecule has 0 aliphatic rings. The van der Waals surface area contributed by atoms with E-state index in [-0.39, 0.29) is 0 Å². The van der Waals surface area contributed by atoms with E-state index in [0.717, 1.165) is 17.3 Å². The Labute approximate surface area is 97.5 Å². The molecule has 3 heteroatoms. The summed E-state index contributed by atoms with van der Waals surface area (Å²) in [5, 5.41) is 11.5. The third kappa shape index (κ3) is 2.49. The van der Waals surface area contributed by atoms with Gasteiger partial charge in [0.1, 0.15) is 5.75 Å². The van der Waals surface area contributed by atoms with Gasteiger partial charge in [-0.25, -0.2) is 3.93 Å². The van der Waals surface area contributed by atoms with Crippen LogP contribution in [0.5, 0.6) is 5.75 Å². The van der Waals surface area contributed by atoms with Gasteiger partial charge in [0.05, 0.1) is 0 Å². The van der Waals surface area contributed by atoms with Crippen LogP contribution in [0.1, 0.15) is 5.56 Å². The Bertz CT molecular complexity index is 482. The van der Waals surface area contributed by atoms with Crippen molar-refractivity contribution in [1.29, 1.82) is 0 Å². The second kappa shape index (κ2) is 4.21. The maximum atomic E-state index is 9.33. The van der Waals surface area contributed by atoms with Crippen LogP contribution >= 0.6 is 16.1 Å². The van der Waals surface area contributed by atoms with Crippen LogP contribution < -0.4 is 0 Å². The SMILES string of the molecule is CN(Br)Cc1ccc2cc(O)ccc2c1. The minimum atomic E-state index is 0.313. The van der Waals surface area contributed by atoms with Crippen LogP contribution in [0.25, 0.3) is 10.8 Å². The molecule has 0 saturated carbocycles. The first-order valence-corrected chi connectivity index (χ1v) is 5.44. The molecule has 2 nitrogen and oxygen atoms in total. The highest BCUT2D eigenvalue weighted by atomic mass is 79.9. The van der Waals surface area contributed by atoms with Crippen molar-refractivity contribution in [3.05, 3.63) is 42.0 Å². The van der Waals surface area contributed by atoms with Gasteiger partial charge in [-0.05, 0) is 41.6 Å². The monoisotopic (exact) mass is 265 g/mol. The van der Waals surface area contributed by atoms with Crippen molar-refractivity contribution >= 4 is 26.9 Å². The van der Waals surface area contributed by atoms with Gasteiger partial charge in [-0.15, -0.1) is 0 Å². The van der Waals surface area contributed by atoms with E-state index in [1.165, 1.54) is 5.56 Å². The van der Waals surface area contributed by atoms with Gasteiger partial charge in [0.25, 0.3) is 0 Å². The van der Waals surface area contributed by atoms with E-state index in [1.54, 1.807) is 12.1 Å². The van der Waals surface area contributed by atoms with Crippen LogP contribution in [0.15, 0.2) is 36.4 Å². The van der Waals surface area contributed by atoms with E-state index in [2.05, 4.69) is 28.3 Å². The number of phenolic OH excluding ortho intramolecular Hbond substituents is 1. The van der Waals surface area contributed by atoms with E-state index < -0.39 is 0 Å². The maximum Gasteiger partial charge on any atom is 0.116 e. The summed E-state index contributed by atoms with van der Waals surface area (Å²) in [6.07, 6.45) is 0. The Morgan fingerprint density at radius 3 is 2.53 bits per heavy atom. The Kier molecular flexibility index (Phi) is 2.93. The maximum absolute atomic E-state index is 9.33. The number of halogens is 1. The summed E-state index contributed by atoms with van der Waals surface area (Å²) >= 11 is 3.38. The molecule has 0 aromatic heterocycles. The molecule has 0 atom stereocenters. The summed E-state index contributed by atoms with van der Waals surface area (Å²) < 4.78 is 1.95. The molecule has 0 unspecified atom stereocenters. The van der Waals surface area contributed by atoms with Gasteiger partial charge in [-0.1, -0.05) is 18.2 Å². The van der Waals surface area contributed by atoms with Crippen molar-refractivity contribution < 1.29 is 5.11 Å². The number of aromatic hydroxyl groups is 1. The smallest absolute Gasteiger partial charge is 0.116 e. The predicted molar refractivity (Wildman–Crippen MR) is 66.0 cm³/mol. The van der Waals surface area contributed by atoms with Crippen molar-refractivity contribution in [3.8, 4) is 5.75 Å². The predicted octanol–water partition coefficient (Wildman–Crippen LogP) is 3.29. The quantitative estimate of drug-likeness (QED) is 0.843. The second-order valence-corrected chi connectivity index (χ2v) is 4.84. The average Bonchev–Trinajstić information content (AvgIpc) is 2.17. The number of fused-ring (bicyclic) bond motifs is 1. The van der Waals surface area contributed by atoms with E-state index in [9.17, 15) is 5.11 Å². The lowest BCUT2D eigenvalue weighted by atomic mass is 10.1. The average molecular weight is 266 g/mol. The van der Waals surface area contributed by atoms with Crippen molar-refractivity contribution in [3.63, 3.8) is 0 Å². The molecule has 0 amide bonds. The van der Waals surface area contributed by atoms with Crippen LogP contribution in [-0.4, -0.2) is 16.1 Å². The molecule has 2 aromatic rings. The van der Waals surface area contributed by atoms with Gasteiger partial charge in [0, 0.05) is 22.7 Å². The minimum absolute atomic E-state index is 0.313. The molecule has 0 bridgehead atoms. The Morgan fingerprint density at radius 2 is 1.80 bits per heavy atom. The van der Waals surface area contributed by atoms with E-state index in [4.69, 9.17) is 0 Å². The zero-order valence-electron chi connectivity index (χ0n) is 8.44. The van der Waals surface area contributed by atoms with E-state index >= 15 is 0 Å². The standard InChI is InChI=1S/C12H12BrNO/c1-14(13)8-9-2-3-11-7-12(15)5-4-10(11)6-9/h2-7,15H,8H2,1H3. The summed E-state index contributed by atoms with van der Waals surface area (Å²) in [7, 11) is 1.97. The number of hydrogen-bond acceptors (Lipinski definition) is 2. The number of benzene rings is 2. The molecule has 0 spiro atoms. The van der Waals surface area contributed by atoms with Crippen LogP contribution in [-0.2, 0) is 6.54 Å². The van der Waals surface area contributed by atoms with Crippen LogP contribution in [0.3, 0.4) is 0 Å². The Hall–Kier alpha value is -1.06. The molecule has 0 radical (unpaired) electrons. The normalized spacial score (nSPS) is 11.1. The first-order valence-electron chi connectivity index (χ1n) is 4.74. The molecule has 0 heterocycles. The zero-order chi connectivity index (χ0) is 10.8. The zero-order valence-corrected chi connectivity index (χ0v) is 10.0. The molecule has 0 fully saturated rings. The van der Waals surface area contributed by atoms with E-state index in [0.29, 0.717) is 5.75 Å². The second-order valence-electron chi connectivity index (χ2n) is 3.63. The Balaban J connectivity index is 2.43. The highest BCUT2D eigenvalue weighted by molar-refractivity contribution is 9.07. The highest BCUT2D eigenvalue weighted by Gasteiger charge is 1.99. The fourth-order valence-electron chi connectivity index (χ4n) is 1.63. The van der Waals surface area contributed by atoms with Crippen molar-refractivity contribution in [2.75, 3.05) is 7.05 Å². The van der Waals surface area contributed by atoms with Crippen molar-refractivity contribution in [2.24, 2.45) is 0 Å². The molecule has 0 saturated heterocycles. The summed E-state index contributed by atoms with van der Waals surface area (Å²) in [6, 6.07) is 11.6. The topological polar surface area (TPSA) is 23.5 Å². The van der Waals surface area contributed by atoms with Crippen LogP contribution in [0.2, 0.25) is 0 Å². The van der Waals surface area contributed by atoms with Crippen LogP contribution in [0.4, 0.5) is 0 Å². The molecule has 15 heavy (non-hydrogen) atoms. The van der Waals surface area contributed by atoms with Gasteiger partial charge in [0.2, 0.25) is 0 Å². The largest absolute Gasteiger partial charge is 0.508 e. The summed E-state index contributed by atoms with van der Waals surface area (Å²) in [5.74, 6) is 0.313. The van der Waals surface area contributed by atoms with Gasteiger partial charge in [0.15, 0.2) is 0 Å². The number of hydrogen-bond donors (Lipinski definition) is 1. The molecule has 1 N–H and O–H groups in total. The summed E-state index contributed by atoms with van der Waals surface area (Å²) in [5.41, 5.74) is 1.24. The molecular weight excluding hydrogens is 254 g/mol. The highest BCUT2D eigenvalue weighted by Crippen LogP contribution is 2.21. The molecule has 0 aliphatic heterocycles. The third-order valence-electron chi connectivity index (χ3n) is 2.29.